The molecule has 0 amide bonds. The Morgan fingerprint density at radius 3 is 2.86 bits per heavy atom. The van der Waals surface area contributed by atoms with Crippen LogP contribution in [0.15, 0.2) is 53.3 Å². The third-order valence-electron chi connectivity index (χ3n) is 3.70. The Balaban J connectivity index is 1.68. The minimum Gasteiger partial charge on any atom is -0.467 e. The number of nitrogens with zero attached hydrogens (tertiary/aromatic N) is 3. The predicted octanol–water partition coefficient (Wildman–Crippen LogP) is 2.78. The first-order valence-electron chi connectivity index (χ1n) is 7.18. The van der Waals surface area contributed by atoms with Gasteiger partial charge < -0.3 is 9.73 Å². The number of furan rings is 1. The van der Waals surface area contributed by atoms with Crippen LogP contribution < -0.4 is 5.32 Å². The molecule has 2 heterocycles. The topological polar surface area (TPSA) is 55.9 Å². The molecule has 0 atom stereocenters. The van der Waals surface area contributed by atoms with E-state index >= 15 is 0 Å². The van der Waals surface area contributed by atoms with E-state index in [1.54, 1.807) is 12.5 Å². The number of aromatic nitrogens is 3. The number of hydrogen-bond donors (Lipinski definition) is 1. The number of benzene rings is 1. The van der Waals surface area contributed by atoms with E-state index in [-0.39, 0.29) is 0 Å². The lowest BCUT2D eigenvalue weighted by Crippen LogP contribution is -2.15. The van der Waals surface area contributed by atoms with Gasteiger partial charge in [0.25, 0.3) is 0 Å². The van der Waals surface area contributed by atoms with Gasteiger partial charge in [-0.1, -0.05) is 23.4 Å². The fourth-order valence-electron chi connectivity index (χ4n) is 2.41. The van der Waals surface area contributed by atoms with Crippen molar-refractivity contribution in [1.29, 1.82) is 0 Å². The van der Waals surface area contributed by atoms with Crippen LogP contribution in [-0.4, -0.2) is 21.0 Å². The zero-order valence-corrected chi connectivity index (χ0v) is 11.6. The molecule has 5 nitrogen and oxygen atoms in total. The standard InChI is InChI=1S/C16H16N4O/c1-2-4-13(5-3-1)20-15(10-18-19-20)14-8-9-21-16(14)11-17-12-6-7-12/h1-5,8-10,12,17H,6-7,11H2. The minimum atomic E-state index is 0.653. The van der Waals surface area contributed by atoms with Crippen LogP contribution in [0.2, 0.25) is 0 Å². The quantitative estimate of drug-likeness (QED) is 0.780. The number of nitrogens with one attached hydrogen (secondary N) is 1. The summed E-state index contributed by atoms with van der Waals surface area (Å²) in [6.07, 6.45) is 6.03. The van der Waals surface area contributed by atoms with Crippen molar-refractivity contribution in [2.75, 3.05) is 0 Å². The summed E-state index contributed by atoms with van der Waals surface area (Å²) in [6, 6.07) is 12.6. The van der Waals surface area contributed by atoms with Gasteiger partial charge in [0.1, 0.15) is 5.76 Å². The number of rotatable bonds is 5. The van der Waals surface area contributed by atoms with Crippen LogP contribution >= 0.6 is 0 Å². The Morgan fingerprint density at radius 1 is 1.19 bits per heavy atom. The molecular weight excluding hydrogens is 264 g/mol. The van der Waals surface area contributed by atoms with E-state index in [4.69, 9.17) is 4.42 Å². The third kappa shape index (κ3) is 2.48. The van der Waals surface area contributed by atoms with E-state index in [1.807, 2.05) is 41.1 Å². The average molecular weight is 280 g/mol. The van der Waals surface area contributed by atoms with Gasteiger partial charge in [-0.2, -0.15) is 0 Å². The maximum Gasteiger partial charge on any atom is 0.126 e. The molecular formula is C16H16N4O. The SMILES string of the molecule is c1ccc(-n2nncc2-c2ccoc2CNC2CC2)cc1. The monoisotopic (exact) mass is 280 g/mol. The van der Waals surface area contributed by atoms with Crippen molar-refractivity contribution in [2.45, 2.75) is 25.4 Å². The molecule has 1 aromatic carbocycles. The summed E-state index contributed by atoms with van der Waals surface area (Å²) in [5, 5.41) is 11.7. The average Bonchev–Trinajstić information content (AvgIpc) is 3.04. The molecule has 106 valence electrons. The first-order chi connectivity index (χ1) is 10.4. The molecule has 3 aromatic rings. The molecule has 1 fully saturated rings. The summed E-state index contributed by atoms with van der Waals surface area (Å²) in [6.45, 7) is 0.743. The van der Waals surface area contributed by atoms with Crippen LogP contribution in [0.3, 0.4) is 0 Å². The van der Waals surface area contributed by atoms with Gasteiger partial charge in [-0.15, -0.1) is 5.10 Å². The summed E-state index contributed by atoms with van der Waals surface area (Å²) in [5.74, 6) is 0.932. The number of para-hydroxylation sites is 1. The maximum atomic E-state index is 5.63. The van der Waals surface area contributed by atoms with Gasteiger partial charge >= 0.3 is 0 Å². The Hall–Kier alpha value is -2.40. The van der Waals surface area contributed by atoms with Crippen molar-refractivity contribution in [2.24, 2.45) is 0 Å². The molecule has 1 saturated carbocycles. The fourth-order valence-corrected chi connectivity index (χ4v) is 2.41. The second kappa shape index (κ2) is 5.18. The highest BCUT2D eigenvalue weighted by molar-refractivity contribution is 5.63. The summed E-state index contributed by atoms with van der Waals surface area (Å²) < 4.78 is 7.46. The fraction of sp³-hybridized carbons (Fsp3) is 0.250. The van der Waals surface area contributed by atoms with Crippen LogP contribution in [-0.2, 0) is 6.54 Å². The van der Waals surface area contributed by atoms with Gasteiger partial charge in [-0.3, -0.25) is 0 Å². The molecule has 4 rings (SSSR count). The molecule has 1 aliphatic rings. The van der Waals surface area contributed by atoms with E-state index in [0.29, 0.717) is 6.04 Å². The highest BCUT2D eigenvalue weighted by Crippen LogP contribution is 2.27. The summed E-state index contributed by atoms with van der Waals surface area (Å²) in [4.78, 5) is 0. The van der Waals surface area contributed by atoms with Crippen LogP contribution in [0, 0.1) is 0 Å². The van der Waals surface area contributed by atoms with E-state index < -0.39 is 0 Å². The van der Waals surface area contributed by atoms with Crippen molar-refractivity contribution >= 4 is 0 Å². The summed E-state index contributed by atoms with van der Waals surface area (Å²) in [7, 11) is 0. The molecule has 0 saturated heterocycles. The zero-order chi connectivity index (χ0) is 14.1. The zero-order valence-electron chi connectivity index (χ0n) is 11.6. The predicted molar refractivity (Wildman–Crippen MR) is 78.9 cm³/mol. The van der Waals surface area contributed by atoms with Crippen LogP contribution in [0.25, 0.3) is 16.9 Å². The Labute approximate surface area is 122 Å². The molecule has 1 N–H and O–H groups in total. The minimum absolute atomic E-state index is 0.653. The van der Waals surface area contributed by atoms with Crippen molar-refractivity contribution in [3.05, 3.63) is 54.6 Å². The molecule has 0 radical (unpaired) electrons. The van der Waals surface area contributed by atoms with Gasteiger partial charge in [0.15, 0.2) is 0 Å². The van der Waals surface area contributed by atoms with Crippen LogP contribution in [0.1, 0.15) is 18.6 Å². The molecule has 0 bridgehead atoms. The third-order valence-corrected chi connectivity index (χ3v) is 3.70. The first kappa shape index (κ1) is 12.3. The van der Waals surface area contributed by atoms with Gasteiger partial charge in [0.2, 0.25) is 0 Å². The molecule has 0 aliphatic heterocycles. The highest BCUT2D eigenvalue weighted by atomic mass is 16.3. The van der Waals surface area contributed by atoms with E-state index in [1.165, 1.54) is 12.8 Å². The molecule has 21 heavy (non-hydrogen) atoms. The first-order valence-corrected chi connectivity index (χ1v) is 7.18. The van der Waals surface area contributed by atoms with Crippen molar-refractivity contribution in [1.82, 2.24) is 20.3 Å². The normalized spacial score (nSPS) is 14.5. The smallest absolute Gasteiger partial charge is 0.126 e. The van der Waals surface area contributed by atoms with Crippen LogP contribution in [0.4, 0.5) is 0 Å². The van der Waals surface area contributed by atoms with Crippen molar-refractivity contribution in [3.8, 4) is 16.9 Å². The van der Waals surface area contributed by atoms with Gasteiger partial charge in [-0.05, 0) is 31.0 Å². The molecule has 2 aromatic heterocycles. The van der Waals surface area contributed by atoms with E-state index in [0.717, 1.165) is 29.2 Å². The van der Waals surface area contributed by atoms with Crippen LogP contribution in [0.5, 0.6) is 0 Å². The van der Waals surface area contributed by atoms with E-state index in [9.17, 15) is 0 Å². The lowest BCUT2D eigenvalue weighted by Gasteiger charge is -2.07. The highest BCUT2D eigenvalue weighted by Gasteiger charge is 2.22. The summed E-state index contributed by atoms with van der Waals surface area (Å²) >= 11 is 0. The molecule has 5 heteroatoms. The lowest BCUT2D eigenvalue weighted by atomic mass is 10.2. The van der Waals surface area contributed by atoms with Gasteiger partial charge in [-0.25, -0.2) is 4.68 Å². The maximum absolute atomic E-state index is 5.63. The number of hydrogen-bond acceptors (Lipinski definition) is 4. The lowest BCUT2D eigenvalue weighted by molar-refractivity contribution is 0.483. The van der Waals surface area contributed by atoms with E-state index in [2.05, 4.69) is 15.6 Å². The van der Waals surface area contributed by atoms with Gasteiger partial charge in [0.05, 0.1) is 30.4 Å². The second-order valence-electron chi connectivity index (χ2n) is 5.28. The Bertz CT molecular complexity index is 728. The molecule has 0 spiro atoms. The van der Waals surface area contributed by atoms with Crippen molar-refractivity contribution in [3.63, 3.8) is 0 Å². The second-order valence-corrected chi connectivity index (χ2v) is 5.28. The van der Waals surface area contributed by atoms with Crippen molar-refractivity contribution < 1.29 is 4.42 Å². The Morgan fingerprint density at radius 2 is 2.05 bits per heavy atom. The summed E-state index contributed by atoms with van der Waals surface area (Å²) in [5.41, 5.74) is 2.98. The molecule has 1 aliphatic carbocycles. The van der Waals surface area contributed by atoms with Gasteiger partial charge in [0, 0.05) is 11.6 Å². The largest absolute Gasteiger partial charge is 0.467 e. The molecule has 0 unspecified atom stereocenters. The Kier molecular flexibility index (Phi) is 3.05.